The molecule has 0 aliphatic heterocycles. The van der Waals surface area contributed by atoms with Crippen LogP contribution in [0.5, 0.6) is 0 Å². The van der Waals surface area contributed by atoms with Gasteiger partial charge in [0.15, 0.2) is 0 Å². The topological polar surface area (TPSA) is 12.0 Å². The molecule has 0 saturated heterocycles. The fraction of sp³-hybridized carbons (Fsp3) is 0.600. The monoisotopic (exact) mass is 297 g/mol. The SMILES string of the molecule is CC(C)CNCCCCCc1ccc(Br)cc1. The second kappa shape index (κ2) is 8.71. The molecule has 0 radical (unpaired) electrons. The van der Waals surface area contributed by atoms with Crippen LogP contribution in [-0.4, -0.2) is 13.1 Å². The molecule has 96 valence electrons. The average molecular weight is 298 g/mol. The van der Waals surface area contributed by atoms with Crippen molar-refractivity contribution in [3.05, 3.63) is 34.3 Å². The fourth-order valence-electron chi connectivity index (χ4n) is 1.80. The van der Waals surface area contributed by atoms with E-state index >= 15 is 0 Å². The summed E-state index contributed by atoms with van der Waals surface area (Å²) in [5.41, 5.74) is 1.45. The third-order valence-electron chi connectivity index (χ3n) is 2.78. The van der Waals surface area contributed by atoms with E-state index in [9.17, 15) is 0 Å². The predicted molar refractivity (Wildman–Crippen MR) is 79.4 cm³/mol. The van der Waals surface area contributed by atoms with Gasteiger partial charge in [0.25, 0.3) is 0 Å². The minimum atomic E-state index is 0.762. The molecule has 1 rings (SSSR count). The van der Waals surface area contributed by atoms with Crippen molar-refractivity contribution in [2.45, 2.75) is 39.5 Å². The van der Waals surface area contributed by atoms with Crippen molar-refractivity contribution >= 4 is 15.9 Å². The summed E-state index contributed by atoms with van der Waals surface area (Å²) >= 11 is 3.46. The predicted octanol–water partition coefficient (Wildman–Crippen LogP) is 4.41. The van der Waals surface area contributed by atoms with Crippen molar-refractivity contribution in [1.29, 1.82) is 0 Å². The first-order chi connectivity index (χ1) is 8.18. The number of hydrogen-bond donors (Lipinski definition) is 1. The largest absolute Gasteiger partial charge is 0.316 e. The Hall–Kier alpha value is -0.340. The summed E-state index contributed by atoms with van der Waals surface area (Å²) in [6, 6.07) is 8.67. The summed E-state index contributed by atoms with van der Waals surface area (Å²) in [6.07, 6.45) is 5.12. The number of rotatable bonds is 8. The molecule has 0 bridgehead atoms. The highest BCUT2D eigenvalue weighted by molar-refractivity contribution is 9.10. The molecule has 0 atom stereocenters. The quantitative estimate of drug-likeness (QED) is 0.701. The summed E-state index contributed by atoms with van der Waals surface area (Å²) in [4.78, 5) is 0. The first-order valence-corrected chi connectivity index (χ1v) is 7.43. The lowest BCUT2D eigenvalue weighted by atomic mass is 10.1. The van der Waals surface area contributed by atoms with E-state index in [0.717, 1.165) is 12.5 Å². The maximum Gasteiger partial charge on any atom is 0.0175 e. The lowest BCUT2D eigenvalue weighted by molar-refractivity contribution is 0.530. The van der Waals surface area contributed by atoms with Crippen molar-refractivity contribution in [1.82, 2.24) is 5.32 Å². The molecule has 17 heavy (non-hydrogen) atoms. The Labute approximate surface area is 114 Å². The number of unbranched alkanes of at least 4 members (excludes halogenated alkanes) is 2. The molecule has 0 aromatic heterocycles. The van der Waals surface area contributed by atoms with Gasteiger partial charge < -0.3 is 5.32 Å². The lowest BCUT2D eigenvalue weighted by Crippen LogP contribution is -2.20. The first-order valence-electron chi connectivity index (χ1n) is 6.63. The van der Waals surface area contributed by atoms with Crippen LogP contribution < -0.4 is 5.32 Å². The molecule has 1 N–H and O–H groups in total. The van der Waals surface area contributed by atoms with Crippen LogP contribution in [0.4, 0.5) is 0 Å². The Morgan fingerprint density at radius 2 is 1.76 bits per heavy atom. The molecule has 0 unspecified atom stereocenters. The van der Waals surface area contributed by atoms with Crippen LogP contribution in [0.1, 0.15) is 38.7 Å². The number of benzene rings is 1. The number of aryl methyl sites for hydroxylation is 1. The van der Waals surface area contributed by atoms with Crippen LogP contribution in [-0.2, 0) is 6.42 Å². The second-order valence-corrected chi connectivity index (χ2v) is 5.95. The molecule has 1 aromatic carbocycles. The van der Waals surface area contributed by atoms with E-state index in [1.165, 1.54) is 42.3 Å². The zero-order valence-electron chi connectivity index (χ0n) is 11.0. The molecule has 0 heterocycles. The van der Waals surface area contributed by atoms with Crippen LogP contribution in [0.3, 0.4) is 0 Å². The summed E-state index contributed by atoms with van der Waals surface area (Å²) in [5, 5.41) is 3.48. The van der Waals surface area contributed by atoms with Crippen molar-refractivity contribution in [3.63, 3.8) is 0 Å². The average Bonchev–Trinajstić information content (AvgIpc) is 2.30. The molecular formula is C15H24BrN. The lowest BCUT2D eigenvalue weighted by Gasteiger charge is -2.07. The number of halogens is 1. The highest BCUT2D eigenvalue weighted by atomic mass is 79.9. The van der Waals surface area contributed by atoms with E-state index < -0.39 is 0 Å². The molecule has 0 amide bonds. The van der Waals surface area contributed by atoms with E-state index in [2.05, 4.69) is 59.4 Å². The maximum atomic E-state index is 3.48. The third-order valence-corrected chi connectivity index (χ3v) is 3.31. The highest BCUT2D eigenvalue weighted by Gasteiger charge is 1.95. The fourth-order valence-corrected chi connectivity index (χ4v) is 2.06. The normalized spacial score (nSPS) is 11.1. The van der Waals surface area contributed by atoms with Gasteiger partial charge in [0.05, 0.1) is 0 Å². The van der Waals surface area contributed by atoms with Gasteiger partial charge in [0.1, 0.15) is 0 Å². The molecule has 1 nitrogen and oxygen atoms in total. The van der Waals surface area contributed by atoms with Gasteiger partial charge in [0, 0.05) is 4.47 Å². The zero-order chi connectivity index (χ0) is 12.5. The van der Waals surface area contributed by atoms with Gasteiger partial charge in [-0.05, 0) is 56.0 Å². The number of nitrogens with one attached hydrogen (secondary N) is 1. The molecular weight excluding hydrogens is 274 g/mol. The number of hydrogen-bond acceptors (Lipinski definition) is 1. The molecule has 2 heteroatoms. The van der Waals surface area contributed by atoms with Crippen LogP contribution in [0.2, 0.25) is 0 Å². The van der Waals surface area contributed by atoms with Crippen molar-refractivity contribution < 1.29 is 0 Å². The molecule has 0 aliphatic rings. The van der Waals surface area contributed by atoms with Crippen molar-refractivity contribution in [2.24, 2.45) is 5.92 Å². The smallest absolute Gasteiger partial charge is 0.0175 e. The van der Waals surface area contributed by atoms with E-state index in [1.807, 2.05) is 0 Å². The van der Waals surface area contributed by atoms with Gasteiger partial charge in [-0.2, -0.15) is 0 Å². The molecule has 0 fully saturated rings. The van der Waals surface area contributed by atoms with E-state index in [1.54, 1.807) is 0 Å². The van der Waals surface area contributed by atoms with Crippen LogP contribution in [0, 0.1) is 5.92 Å². The first kappa shape index (κ1) is 14.7. The summed E-state index contributed by atoms with van der Waals surface area (Å²) in [7, 11) is 0. The second-order valence-electron chi connectivity index (χ2n) is 5.04. The van der Waals surface area contributed by atoms with Crippen molar-refractivity contribution in [2.75, 3.05) is 13.1 Å². The van der Waals surface area contributed by atoms with Gasteiger partial charge in [0.2, 0.25) is 0 Å². The molecule has 0 saturated carbocycles. The Morgan fingerprint density at radius 1 is 1.06 bits per heavy atom. The Bertz CT molecular complexity index is 292. The Kier molecular flexibility index (Phi) is 7.54. The van der Waals surface area contributed by atoms with Gasteiger partial charge in [-0.25, -0.2) is 0 Å². The van der Waals surface area contributed by atoms with E-state index in [0.29, 0.717) is 0 Å². The van der Waals surface area contributed by atoms with Crippen LogP contribution in [0.15, 0.2) is 28.7 Å². The summed E-state index contributed by atoms with van der Waals surface area (Å²) < 4.78 is 1.17. The third kappa shape index (κ3) is 7.56. The van der Waals surface area contributed by atoms with Gasteiger partial charge in [-0.3, -0.25) is 0 Å². The Morgan fingerprint density at radius 3 is 2.41 bits per heavy atom. The molecule has 1 aromatic rings. The maximum absolute atomic E-state index is 3.48. The Balaban J connectivity index is 1.99. The standard InChI is InChI=1S/C15H24BrN/c1-13(2)12-17-11-5-3-4-6-14-7-9-15(16)10-8-14/h7-10,13,17H,3-6,11-12H2,1-2H3. The minimum absolute atomic E-state index is 0.762. The van der Waals surface area contributed by atoms with Crippen LogP contribution in [0.25, 0.3) is 0 Å². The molecule has 0 aliphatic carbocycles. The minimum Gasteiger partial charge on any atom is -0.316 e. The van der Waals surface area contributed by atoms with Crippen molar-refractivity contribution in [3.8, 4) is 0 Å². The summed E-state index contributed by atoms with van der Waals surface area (Å²) in [6.45, 7) is 6.81. The van der Waals surface area contributed by atoms with E-state index in [4.69, 9.17) is 0 Å². The van der Waals surface area contributed by atoms with Gasteiger partial charge >= 0.3 is 0 Å². The zero-order valence-corrected chi connectivity index (χ0v) is 12.6. The van der Waals surface area contributed by atoms with Crippen LogP contribution >= 0.6 is 15.9 Å². The molecule has 0 spiro atoms. The summed E-state index contributed by atoms with van der Waals surface area (Å²) in [5.74, 6) is 0.762. The van der Waals surface area contributed by atoms with Gasteiger partial charge in [-0.15, -0.1) is 0 Å². The highest BCUT2D eigenvalue weighted by Crippen LogP contribution is 2.12. The van der Waals surface area contributed by atoms with E-state index in [-0.39, 0.29) is 0 Å². The van der Waals surface area contributed by atoms with Gasteiger partial charge in [-0.1, -0.05) is 48.3 Å².